The predicted octanol–water partition coefficient (Wildman–Crippen LogP) is 1.35. The van der Waals surface area contributed by atoms with E-state index in [1.807, 2.05) is 51.1 Å². The van der Waals surface area contributed by atoms with E-state index in [4.69, 9.17) is 20.3 Å². The van der Waals surface area contributed by atoms with Gasteiger partial charge in [-0.2, -0.15) is 0 Å². The van der Waals surface area contributed by atoms with Crippen molar-refractivity contribution in [2.24, 2.45) is 5.73 Å². The van der Waals surface area contributed by atoms with Crippen LogP contribution in [0.1, 0.15) is 52.0 Å². The van der Waals surface area contributed by atoms with Crippen LogP contribution in [0.15, 0.2) is 30.3 Å². The monoisotopic (exact) mass is 533 g/mol. The maximum atomic E-state index is 13.2. The standard InChI is InChI=1S/C26H39N5O7/c1-25(2,3)31-14-8-13-26(31,28-36-22(33)19-27)23(34)37-38-24(35)30-17-15-29(16-18-30)21(32)12-7-11-20-9-5-4-6-10-20/h4-6,9-10,28H,7-8,11-19,27H2,1-3H3/t26-/m0/s1. The summed E-state index contributed by atoms with van der Waals surface area (Å²) in [6, 6.07) is 10.0. The molecule has 12 heteroatoms. The van der Waals surface area contributed by atoms with Crippen LogP contribution in [-0.2, 0) is 35.4 Å². The van der Waals surface area contributed by atoms with Crippen molar-refractivity contribution < 1.29 is 33.8 Å². The van der Waals surface area contributed by atoms with E-state index in [0.29, 0.717) is 32.5 Å². The van der Waals surface area contributed by atoms with Crippen molar-refractivity contribution in [3.63, 3.8) is 0 Å². The molecule has 1 aromatic rings. The molecule has 0 aromatic heterocycles. The molecule has 2 saturated heterocycles. The number of aryl methyl sites for hydroxylation is 1. The summed E-state index contributed by atoms with van der Waals surface area (Å²) in [7, 11) is 0. The number of hydroxylamine groups is 1. The number of likely N-dealkylation sites (tertiary alicyclic amines) is 1. The van der Waals surface area contributed by atoms with Crippen LogP contribution in [-0.4, -0.2) is 89.1 Å². The zero-order chi connectivity index (χ0) is 27.8. The molecule has 0 unspecified atom stereocenters. The molecule has 2 amide bonds. The first-order valence-corrected chi connectivity index (χ1v) is 13.0. The Morgan fingerprint density at radius 2 is 1.63 bits per heavy atom. The number of nitrogens with zero attached hydrogens (tertiary/aromatic N) is 3. The van der Waals surface area contributed by atoms with E-state index >= 15 is 0 Å². The molecule has 3 N–H and O–H groups in total. The highest BCUT2D eigenvalue weighted by atomic mass is 17.2. The van der Waals surface area contributed by atoms with Gasteiger partial charge in [-0.05, 0) is 52.0 Å². The number of benzene rings is 1. The summed E-state index contributed by atoms with van der Waals surface area (Å²) in [6.45, 7) is 7.12. The first-order chi connectivity index (χ1) is 18.1. The van der Waals surface area contributed by atoms with Gasteiger partial charge in [0, 0.05) is 44.7 Å². The molecule has 3 rings (SSSR count). The molecule has 0 spiro atoms. The Labute approximate surface area is 223 Å². The van der Waals surface area contributed by atoms with E-state index in [2.05, 4.69) is 5.48 Å². The van der Waals surface area contributed by atoms with Crippen LogP contribution in [0.2, 0.25) is 0 Å². The average molecular weight is 534 g/mol. The van der Waals surface area contributed by atoms with Gasteiger partial charge in [0.05, 0.1) is 6.54 Å². The normalized spacial score (nSPS) is 20.2. The minimum atomic E-state index is -1.53. The van der Waals surface area contributed by atoms with Crippen molar-refractivity contribution in [2.45, 2.75) is 64.1 Å². The second kappa shape index (κ2) is 13.0. The summed E-state index contributed by atoms with van der Waals surface area (Å²) in [5.41, 5.74) is 7.00. The molecule has 0 saturated carbocycles. The molecule has 0 aliphatic carbocycles. The minimum Gasteiger partial charge on any atom is -0.367 e. The quantitative estimate of drug-likeness (QED) is 0.371. The van der Waals surface area contributed by atoms with Gasteiger partial charge in [0.2, 0.25) is 11.6 Å². The fourth-order valence-electron chi connectivity index (χ4n) is 4.85. The van der Waals surface area contributed by atoms with Crippen LogP contribution < -0.4 is 11.2 Å². The lowest BCUT2D eigenvalue weighted by Crippen LogP contribution is -2.66. The van der Waals surface area contributed by atoms with E-state index in [-0.39, 0.29) is 32.0 Å². The van der Waals surface area contributed by atoms with Gasteiger partial charge in [0.25, 0.3) is 0 Å². The molecular formula is C26H39N5O7. The number of hydrogen-bond donors (Lipinski definition) is 2. The van der Waals surface area contributed by atoms with E-state index in [1.54, 1.807) is 9.80 Å². The lowest BCUT2D eigenvalue weighted by atomic mass is 10.0. The minimum absolute atomic E-state index is 0.0453. The van der Waals surface area contributed by atoms with Gasteiger partial charge in [-0.25, -0.2) is 24.2 Å². The molecule has 2 aliphatic rings. The highest BCUT2D eigenvalue weighted by molar-refractivity contribution is 5.82. The van der Waals surface area contributed by atoms with Gasteiger partial charge < -0.3 is 20.4 Å². The molecule has 1 aromatic carbocycles. The number of carbonyl (C=O) groups is 4. The Morgan fingerprint density at radius 3 is 2.26 bits per heavy atom. The summed E-state index contributed by atoms with van der Waals surface area (Å²) in [5.74, 6) is -1.61. The number of carbonyl (C=O) groups excluding carboxylic acids is 4. The topological polar surface area (TPSA) is 144 Å². The molecule has 12 nitrogen and oxygen atoms in total. The first kappa shape index (κ1) is 29.3. The van der Waals surface area contributed by atoms with Crippen LogP contribution in [0.3, 0.4) is 0 Å². The Kier molecular flexibility index (Phi) is 10.1. The summed E-state index contributed by atoms with van der Waals surface area (Å²) >= 11 is 0. The molecule has 0 radical (unpaired) electrons. The number of rotatable bonds is 8. The molecule has 1 atom stereocenters. The summed E-state index contributed by atoms with van der Waals surface area (Å²) in [4.78, 5) is 69.7. The molecule has 2 aliphatic heterocycles. The second-order valence-electron chi connectivity index (χ2n) is 10.5. The Bertz CT molecular complexity index is 976. The Morgan fingerprint density at radius 1 is 0.974 bits per heavy atom. The third kappa shape index (κ3) is 7.42. The van der Waals surface area contributed by atoms with E-state index in [0.717, 1.165) is 12.8 Å². The van der Waals surface area contributed by atoms with Crippen molar-refractivity contribution in [3.05, 3.63) is 35.9 Å². The summed E-state index contributed by atoms with van der Waals surface area (Å²) < 4.78 is 0. The fourth-order valence-corrected chi connectivity index (χ4v) is 4.85. The molecule has 38 heavy (non-hydrogen) atoms. The largest absolute Gasteiger partial charge is 0.453 e. The molecular weight excluding hydrogens is 494 g/mol. The lowest BCUT2D eigenvalue weighted by Gasteiger charge is -2.43. The van der Waals surface area contributed by atoms with E-state index in [1.165, 1.54) is 10.5 Å². The summed E-state index contributed by atoms with van der Waals surface area (Å²) in [6.07, 6.45) is 2.08. The van der Waals surface area contributed by atoms with Crippen LogP contribution in [0.4, 0.5) is 4.79 Å². The number of amides is 2. The Hall–Kier alpha value is -3.22. The number of hydrogen-bond acceptors (Lipinski definition) is 10. The first-order valence-electron chi connectivity index (χ1n) is 13.0. The molecule has 2 heterocycles. The van der Waals surface area contributed by atoms with Gasteiger partial charge in [-0.15, -0.1) is 5.48 Å². The average Bonchev–Trinajstić information content (AvgIpc) is 3.37. The zero-order valence-corrected chi connectivity index (χ0v) is 22.4. The zero-order valence-electron chi connectivity index (χ0n) is 22.4. The lowest BCUT2D eigenvalue weighted by molar-refractivity contribution is -0.257. The fraction of sp³-hybridized carbons (Fsp3) is 0.615. The van der Waals surface area contributed by atoms with Crippen molar-refractivity contribution in [1.29, 1.82) is 0 Å². The molecule has 210 valence electrons. The highest BCUT2D eigenvalue weighted by Crippen LogP contribution is 2.35. The van der Waals surface area contributed by atoms with E-state index in [9.17, 15) is 19.2 Å². The third-order valence-corrected chi connectivity index (χ3v) is 6.81. The number of piperazine rings is 1. The van der Waals surface area contributed by atoms with Crippen LogP contribution in [0, 0.1) is 0 Å². The number of nitrogens with two attached hydrogens (primary N) is 1. The molecule has 2 fully saturated rings. The van der Waals surface area contributed by atoms with Crippen molar-refractivity contribution in [2.75, 3.05) is 39.3 Å². The SMILES string of the molecule is CC(C)(C)N1CCC[C@@]1(NOC(=O)CN)C(=O)OOC(=O)N1CCN(C(=O)CCCc2ccccc2)CC1. The van der Waals surface area contributed by atoms with Crippen molar-refractivity contribution in [3.8, 4) is 0 Å². The third-order valence-electron chi connectivity index (χ3n) is 6.81. The maximum Gasteiger partial charge on any atom is 0.453 e. The van der Waals surface area contributed by atoms with E-state index < -0.39 is 29.2 Å². The smallest absolute Gasteiger partial charge is 0.367 e. The molecule has 0 bridgehead atoms. The number of nitrogens with one attached hydrogen (secondary N) is 1. The van der Waals surface area contributed by atoms with Crippen LogP contribution >= 0.6 is 0 Å². The van der Waals surface area contributed by atoms with Gasteiger partial charge in [0.1, 0.15) is 0 Å². The van der Waals surface area contributed by atoms with Gasteiger partial charge in [-0.1, -0.05) is 30.3 Å². The highest BCUT2D eigenvalue weighted by Gasteiger charge is 2.55. The van der Waals surface area contributed by atoms with Crippen molar-refractivity contribution in [1.82, 2.24) is 20.2 Å². The van der Waals surface area contributed by atoms with Gasteiger partial charge in [-0.3, -0.25) is 9.69 Å². The second-order valence-corrected chi connectivity index (χ2v) is 10.5. The maximum absolute atomic E-state index is 13.2. The van der Waals surface area contributed by atoms with Crippen LogP contribution in [0.25, 0.3) is 0 Å². The van der Waals surface area contributed by atoms with Gasteiger partial charge in [0.15, 0.2) is 0 Å². The predicted molar refractivity (Wildman–Crippen MR) is 137 cm³/mol. The van der Waals surface area contributed by atoms with Crippen LogP contribution in [0.5, 0.6) is 0 Å². The Balaban J connectivity index is 1.48. The van der Waals surface area contributed by atoms with Crippen molar-refractivity contribution >= 4 is 23.9 Å². The van der Waals surface area contributed by atoms with Gasteiger partial charge >= 0.3 is 18.0 Å². The summed E-state index contributed by atoms with van der Waals surface area (Å²) in [5, 5.41) is 0.